The number of nitrogens with one attached hydrogen (secondary N) is 1. The molecule has 0 fully saturated rings. The molecule has 94 valence electrons. The highest BCUT2D eigenvalue weighted by Crippen LogP contribution is 2.18. The summed E-state index contributed by atoms with van der Waals surface area (Å²) in [5.74, 6) is -0.896. The van der Waals surface area contributed by atoms with E-state index in [2.05, 4.69) is 10.3 Å². The zero-order valence-electron chi connectivity index (χ0n) is 10.0. The van der Waals surface area contributed by atoms with Gasteiger partial charge in [0.25, 0.3) is 0 Å². The van der Waals surface area contributed by atoms with Gasteiger partial charge in [-0.05, 0) is 19.1 Å². The van der Waals surface area contributed by atoms with Gasteiger partial charge in [0.1, 0.15) is 4.88 Å². The number of hydrogen-bond donors (Lipinski definition) is 2. The number of carboxylic acid groups (broad SMARTS) is 1. The molecule has 0 saturated carbocycles. The highest BCUT2D eigenvalue weighted by molar-refractivity contribution is 7.13. The van der Waals surface area contributed by atoms with Crippen molar-refractivity contribution in [2.45, 2.75) is 13.3 Å². The minimum absolute atomic E-state index is 0.338. The standard InChI is InChI=1S/C13H14N2O2S/c1-9-12(13(16)17)18-11(15-9)7-8-14-10-5-3-2-4-6-10/h2-6,14H,7-8H2,1H3,(H,16,17). The summed E-state index contributed by atoms with van der Waals surface area (Å²) in [6.07, 6.45) is 0.730. The molecule has 0 aliphatic heterocycles. The highest BCUT2D eigenvalue weighted by atomic mass is 32.1. The molecule has 4 nitrogen and oxygen atoms in total. The Hall–Kier alpha value is -1.88. The van der Waals surface area contributed by atoms with E-state index in [0.29, 0.717) is 10.6 Å². The maximum absolute atomic E-state index is 10.9. The lowest BCUT2D eigenvalue weighted by atomic mass is 10.3. The van der Waals surface area contributed by atoms with E-state index in [4.69, 9.17) is 5.11 Å². The Bertz CT molecular complexity index is 537. The van der Waals surface area contributed by atoms with Crippen LogP contribution in [0.2, 0.25) is 0 Å². The number of benzene rings is 1. The van der Waals surface area contributed by atoms with E-state index in [1.807, 2.05) is 30.3 Å². The third-order valence-corrected chi connectivity index (χ3v) is 3.68. The van der Waals surface area contributed by atoms with Crippen molar-refractivity contribution in [1.29, 1.82) is 0 Å². The van der Waals surface area contributed by atoms with Crippen molar-refractivity contribution in [3.05, 3.63) is 45.9 Å². The Balaban J connectivity index is 1.91. The lowest BCUT2D eigenvalue weighted by Gasteiger charge is -2.03. The summed E-state index contributed by atoms with van der Waals surface area (Å²) in [5.41, 5.74) is 1.66. The van der Waals surface area contributed by atoms with Crippen molar-refractivity contribution in [3.8, 4) is 0 Å². The molecule has 0 radical (unpaired) electrons. The number of para-hydroxylation sites is 1. The van der Waals surface area contributed by atoms with Crippen molar-refractivity contribution >= 4 is 23.0 Å². The Morgan fingerprint density at radius 2 is 2.11 bits per heavy atom. The summed E-state index contributed by atoms with van der Waals surface area (Å²) in [4.78, 5) is 15.5. The molecular weight excluding hydrogens is 248 g/mol. The van der Waals surface area contributed by atoms with E-state index >= 15 is 0 Å². The molecule has 0 bridgehead atoms. The molecule has 1 aromatic heterocycles. The van der Waals surface area contributed by atoms with Gasteiger partial charge in [0, 0.05) is 18.7 Å². The van der Waals surface area contributed by atoms with E-state index in [1.165, 1.54) is 11.3 Å². The molecule has 0 saturated heterocycles. The summed E-state index contributed by atoms with van der Waals surface area (Å²) >= 11 is 1.25. The monoisotopic (exact) mass is 262 g/mol. The van der Waals surface area contributed by atoms with Gasteiger partial charge in [-0.2, -0.15) is 0 Å². The van der Waals surface area contributed by atoms with E-state index in [1.54, 1.807) is 6.92 Å². The first-order chi connectivity index (χ1) is 8.66. The maximum Gasteiger partial charge on any atom is 0.347 e. The third kappa shape index (κ3) is 3.07. The van der Waals surface area contributed by atoms with Gasteiger partial charge < -0.3 is 10.4 Å². The second kappa shape index (κ2) is 5.64. The fraction of sp³-hybridized carbons (Fsp3) is 0.231. The molecule has 0 spiro atoms. The number of carbonyl (C=O) groups is 1. The van der Waals surface area contributed by atoms with Gasteiger partial charge in [-0.1, -0.05) is 18.2 Å². The molecule has 0 atom stereocenters. The predicted octanol–water partition coefficient (Wildman–Crippen LogP) is 2.80. The van der Waals surface area contributed by atoms with E-state index in [9.17, 15) is 4.79 Å². The maximum atomic E-state index is 10.9. The van der Waals surface area contributed by atoms with Crippen LogP contribution in [0.4, 0.5) is 5.69 Å². The average molecular weight is 262 g/mol. The Morgan fingerprint density at radius 3 is 2.72 bits per heavy atom. The van der Waals surface area contributed by atoms with Gasteiger partial charge in [-0.15, -0.1) is 11.3 Å². The first kappa shape index (κ1) is 12.6. The Morgan fingerprint density at radius 1 is 1.39 bits per heavy atom. The van der Waals surface area contributed by atoms with Gasteiger partial charge in [0.2, 0.25) is 0 Å². The van der Waals surface area contributed by atoms with Gasteiger partial charge in [-0.3, -0.25) is 0 Å². The molecule has 2 N–H and O–H groups in total. The number of aromatic carboxylic acids is 1. The van der Waals surface area contributed by atoms with E-state index < -0.39 is 5.97 Å². The van der Waals surface area contributed by atoms with Gasteiger partial charge in [0.15, 0.2) is 0 Å². The van der Waals surface area contributed by atoms with Crippen LogP contribution in [0, 0.1) is 6.92 Å². The lowest BCUT2D eigenvalue weighted by molar-refractivity contribution is 0.0701. The zero-order valence-corrected chi connectivity index (χ0v) is 10.8. The topological polar surface area (TPSA) is 62.2 Å². The van der Waals surface area contributed by atoms with Crippen molar-refractivity contribution in [3.63, 3.8) is 0 Å². The fourth-order valence-corrected chi connectivity index (χ4v) is 2.53. The Labute approximate surface area is 109 Å². The number of rotatable bonds is 5. The van der Waals surface area contributed by atoms with Gasteiger partial charge in [0.05, 0.1) is 10.7 Å². The second-order valence-corrected chi connectivity index (χ2v) is 4.95. The summed E-state index contributed by atoms with van der Waals surface area (Å²) in [7, 11) is 0. The van der Waals surface area contributed by atoms with Crippen LogP contribution in [0.15, 0.2) is 30.3 Å². The quantitative estimate of drug-likeness (QED) is 0.869. The normalized spacial score (nSPS) is 10.3. The van der Waals surface area contributed by atoms with Crippen molar-refractivity contribution < 1.29 is 9.90 Å². The van der Waals surface area contributed by atoms with Crippen LogP contribution < -0.4 is 5.32 Å². The summed E-state index contributed by atoms with van der Waals surface area (Å²) < 4.78 is 0. The molecule has 5 heteroatoms. The molecule has 2 rings (SSSR count). The number of anilines is 1. The Kier molecular flexibility index (Phi) is 3.94. The molecule has 0 amide bonds. The molecule has 1 aromatic carbocycles. The number of aryl methyl sites for hydroxylation is 1. The molecule has 18 heavy (non-hydrogen) atoms. The molecular formula is C13H14N2O2S. The first-order valence-corrected chi connectivity index (χ1v) is 6.47. The average Bonchev–Trinajstić information content (AvgIpc) is 2.72. The molecule has 0 aliphatic carbocycles. The van der Waals surface area contributed by atoms with Crippen molar-refractivity contribution in [1.82, 2.24) is 4.98 Å². The minimum Gasteiger partial charge on any atom is -0.477 e. The third-order valence-electron chi connectivity index (χ3n) is 2.48. The summed E-state index contributed by atoms with van der Waals surface area (Å²) in [6, 6.07) is 9.90. The van der Waals surface area contributed by atoms with Crippen LogP contribution in [0.25, 0.3) is 0 Å². The molecule has 0 aliphatic rings. The van der Waals surface area contributed by atoms with Crippen LogP contribution in [0.1, 0.15) is 20.4 Å². The number of carboxylic acids is 1. The number of aromatic nitrogens is 1. The van der Waals surface area contributed by atoms with Gasteiger partial charge >= 0.3 is 5.97 Å². The highest BCUT2D eigenvalue weighted by Gasteiger charge is 2.13. The van der Waals surface area contributed by atoms with Crippen molar-refractivity contribution in [2.24, 2.45) is 0 Å². The largest absolute Gasteiger partial charge is 0.477 e. The zero-order chi connectivity index (χ0) is 13.0. The van der Waals surface area contributed by atoms with Gasteiger partial charge in [-0.25, -0.2) is 9.78 Å². The fourth-order valence-electron chi connectivity index (χ4n) is 1.63. The van der Waals surface area contributed by atoms with Crippen LogP contribution in [0.5, 0.6) is 0 Å². The lowest BCUT2D eigenvalue weighted by Crippen LogP contribution is -2.04. The first-order valence-electron chi connectivity index (χ1n) is 5.65. The summed E-state index contributed by atoms with van der Waals surface area (Å²) in [5, 5.41) is 13.1. The SMILES string of the molecule is Cc1nc(CCNc2ccccc2)sc1C(=O)O. The van der Waals surface area contributed by atoms with E-state index in [-0.39, 0.29) is 0 Å². The van der Waals surface area contributed by atoms with Crippen LogP contribution in [-0.4, -0.2) is 22.6 Å². The predicted molar refractivity (Wildman–Crippen MR) is 72.4 cm³/mol. The summed E-state index contributed by atoms with van der Waals surface area (Å²) in [6.45, 7) is 2.48. The molecule has 1 heterocycles. The smallest absolute Gasteiger partial charge is 0.347 e. The number of nitrogens with zero attached hydrogens (tertiary/aromatic N) is 1. The number of hydrogen-bond acceptors (Lipinski definition) is 4. The van der Waals surface area contributed by atoms with Crippen molar-refractivity contribution in [2.75, 3.05) is 11.9 Å². The molecule has 0 unspecified atom stereocenters. The second-order valence-electron chi connectivity index (χ2n) is 3.87. The molecule has 2 aromatic rings. The van der Waals surface area contributed by atoms with Crippen LogP contribution in [0.3, 0.4) is 0 Å². The van der Waals surface area contributed by atoms with Crippen LogP contribution in [-0.2, 0) is 6.42 Å². The minimum atomic E-state index is -0.896. The number of thiazole rings is 1. The van der Waals surface area contributed by atoms with Crippen LogP contribution >= 0.6 is 11.3 Å². The van der Waals surface area contributed by atoms with E-state index in [0.717, 1.165) is 23.7 Å².